The van der Waals surface area contributed by atoms with Crippen LogP contribution in [0.3, 0.4) is 0 Å². The van der Waals surface area contributed by atoms with Crippen LogP contribution in [0.5, 0.6) is 0 Å². The standard InChI is InChI=1S/C37H35ClN10O9/c1-57-26-10-12-44(13-11-26)36(54)41-24-5-2-21(3-6-24)16-30(32(49)40-25-7-9-27-22(17-25)18-31(35(52)53)48(27)37(55)56)46-15-14-45(33(50)34(46)51)29-19-23(38)4-8-28(29)47-20-39-42-43-47/h2-9,17-20,26,30H,10-16H2,1H3,(H,40,49)(H,41,54)(H,52,53)(H,55,56). The van der Waals surface area contributed by atoms with E-state index in [0.29, 0.717) is 39.6 Å². The fourth-order valence-corrected chi connectivity index (χ4v) is 7.19. The van der Waals surface area contributed by atoms with E-state index in [9.17, 15) is 39.0 Å². The Hall–Kier alpha value is -6.86. The second-order valence-corrected chi connectivity index (χ2v) is 13.8. The number of methoxy groups -OCH3 is 1. The molecular weight excluding hydrogens is 764 g/mol. The number of piperazine rings is 1. The van der Waals surface area contributed by atoms with Gasteiger partial charge in [-0.05, 0) is 83.4 Å². The number of nitrogens with zero attached hydrogens (tertiary/aromatic N) is 8. The summed E-state index contributed by atoms with van der Waals surface area (Å²) in [5, 5.41) is 36.6. The first-order valence-electron chi connectivity index (χ1n) is 17.7. The van der Waals surface area contributed by atoms with Crippen molar-refractivity contribution in [3.05, 3.63) is 89.3 Å². The number of aromatic nitrogens is 5. The highest BCUT2D eigenvalue weighted by Crippen LogP contribution is 2.31. The highest BCUT2D eigenvalue weighted by atomic mass is 35.5. The molecule has 2 fully saturated rings. The number of hydrogen-bond acceptors (Lipinski definition) is 10. The molecule has 294 valence electrons. The number of fused-ring (bicyclic) bond motifs is 1. The largest absolute Gasteiger partial charge is 0.477 e. The molecule has 2 saturated heterocycles. The number of ether oxygens (including phenoxy) is 1. The van der Waals surface area contributed by atoms with Crippen LogP contribution >= 0.6 is 11.6 Å². The minimum Gasteiger partial charge on any atom is -0.477 e. The average molecular weight is 799 g/mol. The number of likely N-dealkylation sites (tertiary alicyclic amines) is 1. The average Bonchev–Trinajstić information content (AvgIpc) is 3.88. The number of carbonyl (C=O) groups is 6. The molecular formula is C37H35ClN10O9. The van der Waals surface area contributed by atoms with Gasteiger partial charge in [-0.15, -0.1) is 5.10 Å². The van der Waals surface area contributed by atoms with Crippen LogP contribution in [0, 0.1) is 0 Å². The van der Waals surface area contributed by atoms with E-state index >= 15 is 0 Å². The van der Waals surface area contributed by atoms with Gasteiger partial charge in [0.25, 0.3) is 0 Å². The Kier molecular flexibility index (Phi) is 10.8. The maximum atomic E-state index is 14.2. The van der Waals surface area contributed by atoms with Gasteiger partial charge in [0.15, 0.2) is 0 Å². The fourth-order valence-electron chi connectivity index (χ4n) is 7.03. The lowest BCUT2D eigenvalue weighted by molar-refractivity contribution is -0.149. The van der Waals surface area contributed by atoms with Gasteiger partial charge in [-0.1, -0.05) is 23.7 Å². The molecule has 3 aromatic carbocycles. The number of carboxylic acids is 1. The summed E-state index contributed by atoms with van der Waals surface area (Å²) in [6, 6.07) is 15.3. The third-order valence-corrected chi connectivity index (χ3v) is 10.2. The summed E-state index contributed by atoms with van der Waals surface area (Å²) in [5.41, 5.74) is 1.56. The summed E-state index contributed by atoms with van der Waals surface area (Å²) in [6.07, 6.45) is 1.36. The number of benzene rings is 3. The number of rotatable bonds is 10. The smallest absolute Gasteiger partial charge is 0.416 e. The van der Waals surface area contributed by atoms with E-state index < -0.39 is 41.5 Å². The van der Waals surface area contributed by atoms with Crippen LogP contribution in [0.15, 0.2) is 73.1 Å². The molecule has 4 N–H and O–H groups in total. The Bertz CT molecular complexity index is 2380. The van der Waals surface area contributed by atoms with Crippen molar-refractivity contribution in [2.75, 3.05) is 48.8 Å². The predicted molar refractivity (Wildman–Crippen MR) is 204 cm³/mol. The van der Waals surface area contributed by atoms with Crippen molar-refractivity contribution in [3.8, 4) is 5.69 Å². The summed E-state index contributed by atoms with van der Waals surface area (Å²) < 4.78 is 7.33. The SMILES string of the molecule is COC1CCN(C(=O)Nc2ccc(CC(C(=O)Nc3ccc4c(c3)cc(C(=O)O)n4C(=O)O)N3CCN(c4cc(Cl)ccc4-n4cnnn4)C(=O)C3=O)cc2)CC1. The minimum absolute atomic E-state index is 0.0248. The highest BCUT2D eigenvalue weighted by Gasteiger charge is 2.41. The summed E-state index contributed by atoms with van der Waals surface area (Å²) in [7, 11) is 1.65. The first-order valence-corrected chi connectivity index (χ1v) is 18.1. The fraction of sp³-hybridized carbons (Fsp3) is 0.270. The number of hydrogen-bond donors (Lipinski definition) is 4. The van der Waals surface area contributed by atoms with Crippen molar-refractivity contribution in [3.63, 3.8) is 0 Å². The summed E-state index contributed by atoms with van der Waals surface area (Å²) in [6.45, 7) is 1.01. The first-order chi connectivity index (χ1) is 27.4. The van der Waals surface area contributed by atoms with Crippen molar-refractivity contribution >= 4 is 75.4 Å². The number of tetrazole rings is 1. The van der Waals surface area contributed by atoms with Crippen molar-refractivity contribution in [2.24, 2.45) is 0 Å². The topological polar surface area (TPSA) is 234 Å². The number of piperidine rings is 1. The predicted octanol–water partition coefficient (Wildman–Crippen LogP) is 3.56. The Morgan fingerprint density at radius 1 is 0.877 bits per heavy atom. The molecule has 1 unspecified atom stereocenters. The van der Waals surface area contributed by atoms with E-state index in [1.165, 1.54) is 51.1 Å². The second kappa shape index (κ2) is 16.1. The van der Waals surface area contributed by atoms with Gasteiger partial charge in [0.2, 0.25) is 5.91 Å². The van der Waals surface area contributed by atoms with E-state index in [1.54, 1.807) is 48.4 Å². The number of carbonyl (C=O) groups excluding carboxylic acids is 4. The Morgan fingerprint density at radius 2 is 1.61 bits per heavy atom. The number of carboxylic acid groups (broad SMARTS) is 2. The van der Waals surface area contributed by atoms with Gasteiger partial charge in [0.05, 0.1) is 23.0 Å². The molecule has 4 heterocycles. The molecule has 19 nitrogen and oxygen atoms in total. The zero-order valence-electron chi connectivity index (χ0n) is 30.2. The number of anilines is 3. The van der Waals surface area contributed by atoms with Crippen molar-refractivity contribution < 1.29 is 43.7 Å². The quantitative estimate of drug-likeness (QED) is 0.149. The number of halogens is 1. The molecule has 0 radical (unpaired) electrons. The van der Waals surface area contributed by atoms with Crippen LogP contribution < -0.4 is 15.5 Å². The van der Waals surface area contributed by atoms with Gasteiger partial charge in [-0.2, -0.15) is 4.68 Å². The lowest BCUT2D eigenvalue weighted by atomic mass is 10.0. The molecule has 20 heteroatoms. The molecule has 0 saturated carbocycles. The summed E-state index contributed by atoms with van der Waals surface area (Å²) in [4.78, 5) is 82.7. The van der Waals surface area contributed by atoms with Crippen LogP contribution in [0.2, 0.25) is 5.02 Å². The van der Waals surface area contributed by atoms with Gasteiger partial charge >= 0.3 is 29.9 Å². The van der Waals surface area contributed by atoms with Crippen molar-refractivity contribution in [1.29, 1.82) is 0 Å². The van der Waals surface area contributed by atoms with Crippen LogP contribution in [0.4, 0.5) is 26.7 Å². The third-order valence-electron chi connectivity index (χ3n) is 9.93. The molecule has 0 aliphatic carbocycles. The van der Waals surface area contributed by atoms with Crippen molar-refractivity contribution in [2.45, 2.75) is 31.4 Å². The van der Waals surface area contributed by atoms with Gasteiger partial charge in [-0.25, -0.2) is 19.0 Å². The monoisotopic (exact) mass is 798 g/mol. The van der Waals surface area contributed by atoms with E-state index in [0.717, 1.165) is 12.8 Å². The number of urea groups is 1. The Morgan fingerprint density at radius 3 is 2.28 bits per heavy atom. The molecule has 5 amide bonds. The van der Waals surface area contributed by atoms with Crippen LogP contribution in [-0.2, 0) is 25.5 Å². The van der Waals surface area contributed by atoms with Gasteiger partial charge in [-0.3, -0.25) is 14.4 Å². The van der Waals surface area contributed by atoms with E-state index in [-0.39, 0.29) is 53.9 Å². The Labute approximate surface area is 328 Å². The van der Waals surface area contributed by atoms with Gasteiger partial charge in [0, 0.05) is 61.5 Å². The summed E-state index contributed by atoms with van der Waals surface area (Å²) in [5.74, 6) is -4.03. The second-order valence-electron chi connectivity index (χ2n) is 13.3. The van der Waals surface area contributed by atoms with Gasteiger partial charge < -0.3 is 40.3 Å². The normalized spacial score (nSPS) is 15.5. The number of amides is 5. The Balaban J connectivity index is 1.14. The number of nitrogens with one attached hydrogen (secondary N) is 2. The minimum atomic E-state index is -1.50. The third kappa shape index (κ3) is 7.96. The molecule has 2 aliphatic rings. The maximum Gasteiger partial charge on any atom is 0.416 e. The molecule has 57 heavy (non-hydrogen) atoms. The highest BCUT2D eigenvalue weighted by molar-refractivity contribution is 6.41. The zero-order chi connectivity index (χ0) is 40.4. The molecule has 0 bridgehead atoms. The molecule has 0 spiro atoms. The molecule has 1 atom stereocenters. The van der Waals surface area contributed by atoms with E-state index in [2.05, 4.69) is 26.2 Å². The molecule has 2 aromatic heterocycles. The van der Waals surface area contributed by atoms with E-state index in [4.69, 9.17) is 16.3 Å². The number of aromatic carboxylic acids is 1. The van der Waals surface area contributed by atoms with Gasteiger partial charge in [0.1, 0.15) is 18.1 Å². The first kappa shape index (κ1) is 38.4. The molecule has 5 aromatic rings. The van der Waals surface area contributed by atoms with Crippen LogP contribution in [0.1, 0.15) is 28.9 Å². The van der Waals surface area contributed by atoms with Crippen LogP contribution in [-0.4, -0.2) is 126 Å². The molecule has 7 rings (SSSR count). The zero-order valence-corrected chi connectivity index (χ0v) is 31.0. The van der Waals surface area contributed by atoms with E-state index in [1.807, 2.05) is 0 Å². The maximum absolute atomic E-state index is 14.2. The van der Waals surface area contributed by atoms with Crippen LogP contribution in [0.25, 0.3) is 16.6 Å². The molecule has 2 aliphatic heterocycles. The lowest BCUT2D eigenvalue weighted by Crippen LogP contribution is -2.60. The summed E-state index contributed by atoms with van der Waals surface area (Å²) >= 11 is 6.30. The van der Waals surface area contributed by atoms with Crippen molar-refractivity contribution in [1.82, 2.24) is 34.6 Å². The lowest BCUT2D eigenvalue weighted by Gasteiger charge is -2.38.